The Morgan fingerprint density at radius 2 is 1.91 bits per heavy atom. The number of nitrogen functional groups attached to an aromatic ring is 2. The number of nitrogens with zero attached hydrogens (tertiary/aromatic N) is 6. The van der Waals surface area contributed by atoms with Gasteiger partial charge in [-0.3, -0.25) is 4.79 Å². The number of anilines is 5. The number of carbonyl (C=O) groups excluding carboxylic acids is 1. The van der Waals surface area contributed by atoms with E-state index in [4.69, 9.17) is 11.5 Å². The van der Waals surface area contributed by atoms with Crippen LogP contribution in [0.3, 0.4) is 0 Å². The third-order valence-electron chi connectivity index (χ3n) is 4.99. The first-order valence-electron chi connectivity index (χ1n) is 10.1. The summed E-state index contributed by atoms with van der Waals surface area (Å²) in [6.07, 6.45) is -2.99. The number of carbonyl (C=O) groups is 1. The molecule has 1 saturated heterocycles. The van der Waals surface area contributed by atoms with Crippen LogP contribution >= 0.6 is 0 Å². The number of halogens is 4. The summed E-state index contributed by atoms with van der Waals surface area (Å²) >= 11 is 0. The van der Waals surface area contributed by atoms with Gasteiger partial charge >= 0.3 is 6.18 Å². The highest BCUT2D eigenvalue weighted by Crippen LogP contribution is 2.27. The second-order valence-corrected chi connectivity index (χ2v) is 7.48. The predicted octanol–water partition coefficient (Wildman–Crippen LogP) is 1.75. The Morgan fingerprint density at radius 3 is 2.62 bits per heavy atom. The Kier molecular flexibility index (Phi) is 6.08. The molecule has 180 valence electrons. The van der Waals surface area contributed by atoms with Crippen LogP contribution in [0.4, 0.5) is 46.7 Å². The molecule has 1 amide bonds. The Morgan fingerprint density at radius 1 is 1.18 bits per heavy atom. The van der Waals surface area contributed by atoms with Crippen LogP contribution in [0.25, 0.3) is 5.95 Å². The monoisotopic (exact) mass is 480 g/mol. The molecular weight excluding hydrogens is 460 g/mol. The van der Waals surface area contributed by atoms with E-state index in [1.165, 1.54) is 4.90 Å². The van der Waals surface area contributed by atoms with Gasteiger partial charge in [0.15, 0.2) is 11.6 Å². The van der Waals surface area contributed by atoms with E-state index >= 15 is 0 Å². The molecule has 1 aliphatic heterocycles. The summed E-state index contributed by atoms with van der Waals surface area (Å²) in [7, 11) is 0. The zero-order chi connectivity index (χ0) is 24.5. The summed E-state index contributed by atoms with van der Waals surface area (Å²) in [5.41, 5.74) is 12.8. The minimum absolute atomic E-state index is 0.101. The maximum absolute atomic E-state index is 14.6. The van der Waals surface area contributed by atoms with Crippen LogP contribution in [-0.2, 0) is 4.79 Å². The third-order valence-corrected chi connectivity index (χ3v) is 4.99. The Hall–Kier alpha value is -4.17. The van der Waals surface area contributed by atoms with Crippen molar-refractivity contribution < 1.29 is 22.4 Å². The fourth-order valence-electron chi connectivity index (χ4n) is 3.47. The largest absolute Gasteiger partial charge is 0.405 e. The van der Waals surface area contributed by atoms with Crippen LogP contribution in [0, 0.1) is 5.82 Å². The molecule has 1 aromatic carbocycles. The van der Waals surface area contributed by atoms with Gasteiger partial charge in [0.2, 0.25) is 17.8 Å². The lowest BCUT2D eigenvalue weighted by Gasteiger charge is -2.25. The molecule has 4 rings (SSSR count). The molecule has 15 heteroatoms. The van der Waals surface area contributed by atoms with E-state index < -0.39 is 30.5 Å². The molecule has 11 nitrogen and oxygen atoms in total. The number of nitrogens with two attached hydrogens (primary N) is 2. The van der Waals surface area contributed by atoms with E-state index in [9.17, 15) is 22.4 Å². The molecule has 1 fully saturated rings. The molecule has 2 aromatic heterocycles. The summed E-state index contributed by atoms with van der Waals surface area (Å²) in [5.74, 6) is -2.09. The van der Waals surface area contributed by atoms with E-state index in [2.05, 4.69) is 25.4 Å². The van der Waals surface area contributed by atoms with E-state index in [1.807, 2.05) is 5.32 Å². The first kappa shape index (κ1) is 23.0. The van der Waals surface area contributed by atoms with Gasteiger partial charge in [-0.05, 0) is 37.1 Å². The normalized spacial score (nSPS) is 16.0. The van der Waals surface area contributed by atoms with Crippen molar-refractivity contribution in [1.82, 2.24) is 30.0 Å². The molecular formula is C19H20F4N10O. The third kappa shape index (κ3) is 5.07. The van der Waals surface area contributed by atoms with E-state index in [-0.39, 0.29) is 36.6 Å². The molecule has 1 atom stereocenters. The highest BCUT2D eigenvalue weighted by atomic mass is 19.4. The molecule has 1 aliphatic rings. The van der Waals surface area contributed by atoms with Gasteiger partial charge in [-0.1, -0.05) is 0 Å². The first-order chi connectivity index (χ1) is 16.1. The lowest BCUT2D eigenvalue weighted by Crippen LogP contribution is -2.46. The summed E-state index contributed by atoms with van der Waals surface area (Å²) < 4.78 is 53.1. The molecule has 0 bridgehead atoms. The Bertz CT molecular complexity index is 1180. The van der Waals surface area contributed by atoms with E-state index in [1.54, 1.807) is 24.3 Å². The van der Waals surface area contributed by atoms with Gasteiger partial charge in [0.05, 0.1) is 6.20 Å². The predicted molar refractivity (Wildman–Crippen MR) is 115 cm³/mol. The number of amides is 1. The minimum atomic E-state index is -4.56. The smallest absolute Gasteiger partial charge is 0.399 e. The minimum Gasteiger partial charge on any atom is -0.399 e. The zero-order valence-electron chi connectivity index (χ0n) is 17.6. The molecule has 3 heterocycles. The van der Waals surface area contributed by atoms with Gasteiger partial charge in [0.25, 0.3) is 5.95 Å². The van der Waals surface area contributed by atoms with Crippen LogP contribution in [0.5, 0.6) is 0 Å². The van der Waals surface area contributed by atoms with Gasteiger partial charge in [0.1, 0.15) is 12.6 Å². The van der Waals surface area contributed by atoms with Crippen molar-refractivity contribution in [2.45, 2.75) is 25.1 Å². The fraction of sp³-hybridized carbons (Fsp3) is 0.316. The number of alkyl halides is 3. The van der Waals surface area contributed by atoms with Crippen LogP contribution < -0.4 is 27.0 Å². The van der Waals surface area contributed by atoms with Crippen molar-refractivity contribution in [2.24, 2.45) is 0 Å². The van der Waals surface area contributed by atoms with Crippen molar-refractivity contribution in [3.05, 3.63) is 36.3 Å². The first-order valence-corrected chi connectivity index (χ1v) is 10.1. The summed E-state index contributed by atoms with van der Waals surface area (Å²) in [5, 5.41) is 8.94. The van der Waals surface area contributed by atoms with Crippen LogP contribution in [0.2, 0.25) is 0 Å². The second kappa shape index (κ2) is 8.99. The van der Waals surface area contributed by atoms with E-state index in [0.29, 0.717) is 17.8 Å². The topological polar surface area (TPSA) is 153 Å². The molecule has 0 saturated carbocycles. The zero-order valence-corrected chi connectivity index (χ0v) is 17.6. The summed E-state index contributed by atoms with van der Waals surface area (Å²) in [6, 6.07) is 5.74. The average molecular weight is 480 g/mol. The number of rotatable bonds is 6. The average Bonchev–Trinajstić information content (AvgIpc) is 3.40. The van der Waals surface area contributed by atoms with Crippen molar-refractivity contribution >= 4 is 35.0 Å². The number of hydrogen-bond acceptors (Lipinski definition) is 9. The van der Waals surface area contributed by atoms with Crippen LogP contribution in [0.1, 0.15) is 12.8 Å². The fourth-order valence-corrected chi connectivity index (χ4v) is 3.47. The van der Waals surface area contributed by atoms with Crippen molar-refractivity contribution in [1.29, 1.82) is 0 Å². The van der Waals surface area contributed by atoms with Crippen molar-refractivity contribution in [2.75, 3.05) is 34.8 Å². The van der Waals surface area contributed by atoms with Crippen molar-refractivity contribution in [3.63, 3.8) is 0 Å². The Labute approximate surface area is 190 Å². The van der Waals surface area contributed by atoms with Crippen LogP contribution in [-0.4, -0.2) is 55.9 Å². The van der Waals surface area contributed by atoms with E-state index in [0.717, 1.165) is 10.9 Å². The second-order valence-electron chi connectivity index (χ2n) is 7.48. The molecule has 1 unspecified atom stereocenters. The standard InChI is InChI=1S/C19H20F4N10O/c20-12-8-26-18(33-16(25)30-17(31-33)28-11-5-3-10(24)4-6-11)29-14(12)32-7-1-2-13(32)15(34)27-9-19(21,22)23/h3-6,8,13H,1-2,7,9,24H2,(H,27,34)(H3,25,28,30,31). The van der Waals surface area contributed by atoms with Gasteiger partial charge in [-0.15, -0.1) is 5.10 Å². The maximum Gasteiger partial charge on any atom is 0.405 e. The van der Waals surface area contributed by atoms with Crippen molar-refractivity contribution in [3.8, 4) is 5.95 Å². The number of benzene rings is 1. The molecule has 0 aliphatic carbocycles. The van der Waals surface area contributed by atoms with Gasteiger partial charge < -0.3 is 27.0 Å². The SMILES string of the molecule is Nc1ccc(Nc2nc(N)n(-c3ncc(F)c(N4CCCC4C(=O)NCC(F)(F)F)n3)n2)cc1. The highest BCUT2D eigenvalue weighted by Gasteiger charge is 2.36. The lowest BCUT2D eigenvalue weighted by molar-refractivity contribution is -0.139. The maximum atomic E-state index is 14.6. The van der Waals surface area contributed by atoms with Gasteiger partial charge in [-0.25, -0.2) is 9.37 Å². The summed E-state index contributed by atoms with van der Waals surface area (Å²) in [4.78, 5) is 25.7. The number of hydrogen-bond donors (Lipinski definition) is 4. The number of aromatic nitrogens is 5. The highest BCUT2D eigenvalue weighted by molar-refractivity contribution is 5.85. The lowest BCUT2D eigenvalue weighted by atomic mass is 10.2. The molecule has 6 N–H and O–H groups in total. The number of nitrogens with one attached hydrogen (secondary N) is 2. The Balaban J connectivity index is 1.57. The van der Waals surface area contributed by atoms with Crippen LogP contribution in [0.15, 0.2) is 30.5 Å². The van der Waals surface area contributed by atoms with Gasteiger partial charge in [0, 0.05) is 17.9 Å². The molecule has 0 radical (unpaired) electrons. The summed E-state index contributed by atoms with van der Waals surface area (Å²) in [6.45, 7) is -1.26. The molecule has 0 spiro atoms. The molecule has 34 heavy (non-hydrogen) atoms. The quantitative estimate of drug-likeness (QED) is 0.305. The molecule has 3 aromatic rings. The van der Waals surface area contributed by atoms with Gasteiger partial charge in [-0.2, -0.15) is 27.8 Å².